The first-order valence-corrected chi connectivity index (χ1v) is 4.54. The normalized spacial score (nSPS) is 15.7. The Bertz CT molecular complexity index is 465. The van der Waals surface area contributed by atoms with Gasteiger partial charge in [0.2, 0.25) is 0 Å². The Morgan fingerprint density at radius 3 is 1.26 bits per heavy atom. The maximum Gasteiger partial charge on any atom is 0.460 e. The molecule has 0 amide bonds. The molecule has 3 nitrogen and oxygen atoms in total. The molecule has 0 aromatic heterocycles. The zero-order valence-electron chi connectivity index (χ0n) is 9.68. The molecule has 0 aromatic carbocycles. The van der Waals surface area contributed by atoms with Gasteiger partial charge < -0.3 is 5.11 Å². The molecule has 0 aliphatic rings. The van der Waals surface area contributed by atoms with E-state index in [0.29, 0.717) is 0 Å². The number of carboxylic acids is 1. The fourth-order valence-electron chi connectivity index (χ4n) is 0.774. The van der Waals surface area contributed by atoms with Crippen LogP contribution in [0.5, 0.6) is 0 Å². The predicted octanol–water partition coefficient (Wildman–Crippen LogP) is 3.74. The van der Waals surface area contributed by atoms with Gasteiger partial charge in [-0.05, 0) is 0 Å². The molecule has 0 bridgehead atoms. The molecule has 23 heavy (non-hydrogen) atoms. The number of alkyl halides is 13. The Morgan fingerprint density at radius 1 is 0.652 bits per heavy atom. The largest absolute Gasteiger partial charge is 0.477 e. The van der Waals surface area contributed by atoms with Gasteiger partial charge in [-0.15, -0.1) is 0 Å². The number of hydrogen-bond acceptors (Lipinski definition) is 2. The van der Waals surface area contributed by atoms with Crippen LogP contribution in [0.4, 0.5) is 57.1 Å². The van der Waals surface area contributed by atoms with Gasteiger partial charge >= 0.3 is 42.1 Å². The van der Waals surface area contributed by atoms with Crippen molar-refractivity contribution >= 4 is 5.97 Å². The van der Waals surface area contributed by atoms with Crippen molar-refractivity contribution in [2.75, 3.05) is 0 Å². The van der Waals surface area contributed by atoms with Crippen molar-refractivity contribution < 1.29 is 71.7 Å². The molecule has 1 N–H and O–H groups in total. The van der Waals surface area contributed by atoms with Crippen LogP contribution in [0, 0.1) is 0 Å². The van der Waals surface area contributed by atoms with E-state index in [9.17, 15) is 61.9 Å². The Balaban J connectivity index is 5.88. The Labute approximate surface area is 115 Å². The Kier molecular flexibility index (Phi) is 4.93. The summed E-state index contributed by atoms with van der Waals surface area (Å²) in [6, 6.07) is 0. The summed E-state index contributed by atoms with van der Waals surface area (Å²) in [4.78, 5) is 9.69. The molecule has 0 fully saturated rings. The van der Waals surface area contributed by atoms with E-state index in [0.717, 1.165) is 0 Å². The van der Waals surface area contributed by atoms with Crippen LogP contribution in [0.2, 0.25) is 0 Å². The van der Waals surface area contributed by atoms with Crippen LogP contribution >= 0.6 is 0 Å². The summed E-state index contributed by atoms with van der Waals surface area (Å²) in [5, 5.41) is 7.60. The summed E-state index contributed by atoms with van der Waals surface area (Å²) >= 11 is 0. The molecule has 0 atom stereocenters. The topological polar surface area (TPSA) is 46.5 Å². The van der Waals surface area contributed by atoms with Crippen LogP contribution in [-0.2, 0) is 9.53 Å². The summed E-state index contributed by atoms with van der Waals surface area (Å²) in [5.41, 5.74) is 0. The van der Waals surface area contributed by atoms with Gasteiger partial charge in [0, 0.05) is 0 Å². The minimum absolute atomic E-state index is 1.37. The minimum Gasteiger partial charge on any atom is -0.477 e. The molecule has 0 aliphatic heterocycles. The summed E-state index contributed by atoms with van der Waals surface area (Å²) in [6.07, 6.45) is -22.0. The highest BCUT2D eigenvalue weighted by Crippen LogP contribution is 2.55. The van der Waals surface area contributed by atoms with Crippen LogP contribution in [0.25, 0.3) is 0 Å². The fraction of sp³-hybridized carbons (Fsp3) is 0.857. The maximum atomic E-state index is 12.6. The van der Waals surface area contributed by atoms with Crippen LogP contribution in [-0.4, -0.2) is 47.2 Å². The SMILES string of the molecule is O=C(O)C(F)(F)C(F)(F)OC(F)(F)C(F)(F)C(F)(F)C(F)(F)F. The van der Waals surface area contributed by atoms with E-state index in [4.69, 9.17) is 5.11 Å². The van der Waals surface area contributed by atoms with Crippen LogP contribution in [0.3, 0.4) is 0 Å². The van der Waals surface area contributed by atoms with Gasteiger partial charge in [0.25, 0.3) is 0 Å². The molecule has 0 saturated heterocycles. The summed E-state index contributed by atoms with van der Waals surface area (Å²) < 4.78 is 160. The number of carboxylic acid groups (broad SMARTS) is 1. The molecule has 0 spiro atoms. The minimum atomic E-state index is -7.78. The highest BCUT2D eigenvalue weighted by molar-refractivity contribution is 5.76. The maximum absolute atomic E-state index is 12.6. The van der Waals surface area contributed by atoms with E-state index in [1.165, 1.54) is 4.74 Å². The lowest BCUT2D eigenvalue weighted by Crippen LogP contribution is -2.64. The van der Waals surface area contributed by atoms with Crippen molar-refractivity contribution in [3.05, 3.63) is 0 Å². The summed E-state index contributed by atoms with van der Waals surface area (Å²) in [5.74, 6) is -26.0. The standard InChI is InChI=1S/C7HF13O3/c8-2(9,1(21)22)6(17,18)23-7(19,20)4(12,13)3(10,11)5(14,15)16/h(H,21,22). The van der Waals surface area contributed by atoms with Crippen molar-refractivity contribution in [2.24, 2.45) is 0 Å². The first-order valence-electron chi connectivity index (χ1n) is 4.54. The van der Waals surface area contributed by atoms with Gasteiger partial charge in [0.15, 0.2) is 0 Å². The van der Waals surface area contributed by atoms with E-state index < -0.39 is 42.1 Å². The number of carbonyl (C=O) groups is 1. The van der Waals surface area contributed by atoms with Crippen LogP contribution < -0.4 is 0 Å². The third kappa shape index (κ3) is 3.25. The molecule has 0 unspecified atom stereocenters. The number of hydrogen-bond donors (Lipinski definition) is 1. The van der Waals surface area contributed by atoms with E-state index in [-0.39, 0.29) is 0 Å². The smallest absolute Gasteiger partial charge is 0.460 e. The lowest BCUT2D eigenvalue weighted by molar-refractivity contribution is -0.498. The molecule has 0 radical (unpaired) electrons. The van der Waals surface area contributed by atoms with Gasteiger partial charge in [-0.25, -0.2) is 9.53 Å². The van der Waals surface area contributed by atoms with Gasteiger partial charge in [0.05, 0.1) is 0 Å². The molecule has 0 aliphatic carbocycles. The summed E-state index contributed by atoms with van der Waals surface area (Å²) in [7, 11) is 0. The van der Waals surface area contributed by atoms with Gasteiger partial charge in [-0.2, -0.15) is 57.1 Å². The molecule has 0 aromatic rings. The van der Waals surface area contributed by atoms with Gasteiger partial charge in [-0.1, -0.05) is 0 Å². The average molecular weight is 380 g/mol. The molecule has 0 saturated carbocycles. The molecule has 0 rings (SSSR count). The average Bonchev–Trinajstić information content (AvgIpc) is 2.24. The summed E-state index contributed by atoms with van der Waals surface area (Å²) in [6.45, 7) is 0. The highest BCUT2D eigenvalue weighted by atomic mass is 19.4. The molecular weight excluding hydrogens is 379 g/mol. The van der Waals surface area contributed by atoms with E-state index in [1.807, 2.05) is 0 Å². The highest BCUT2D eigenvalue weighted by Gasteiger charge is 2.85. The second kappa shape index (κ2) is 5.27. The number of rotatable bonds is 6. The van der Waals surface area contributed by atoms with Crippen molar-refractivity contribution in [1.82, 2.24) is 0 Å². The van der Waals surface area contributed by atoms with Crippen LogP contribution in [0.15, 0.2) is 0 Å². The zero-order valence-corrected chi connectivity index (χ0v) is 9.68. The fourth-order valence-corrected chi connectivity index (χ4v) is 0.774. The Morgan fingerprint density at radius 2 is 1.00 bits per heavy atom. The lowest BCUT2D eigenvalue weighted by Gasteiger charge is -2.35. The lowest BCUT2D eigenvalue weighted by atomic mass is 10.1. The quantitative estimate of drug-likeness (QED) is 0.715. The number of aliphatic carboxylic acids is 1. The van der Waals surface area contributed by atoms with Crippen LogP contribution in [0.1, 0.15) is 0 Å². The number of ether oxygens (including phenoxy) is 1. The van der Waals surface area contributed by atoms with Crippen molar-refractivity contribution in [3.8, 4) is 0 Å². The second-order valence-corrected chi connectivity index (χ2v) is 3.66. The van der Waals surface area contributed by atoms with Crippen molar-refractivity contribution in [3.63, 3.8) is 0 Å². The molecule has 138 valence electrons. The third-order valence-electron chi connectivity index (χ3n) is 2.01. The molecule has 0 heterocycles. The predicted molar refractivity (Wildman–Crippen MR) is 39.5 cm³/mol. The van der Waals surface area contributed by atoms with Crippen molar-refractivity contribution in [2.45, 2.75) is 36.2 Å². The zero-order chi connectivity index (χ0) is 19.3. The van der Waals surface area contributed by atoms with Crippen molar-refractivity contribution in [1.29, 1.82) is 0 Å². The Hall–Kier alpha value is -1.48. The molecule has 16 heteroatoms. The third-order valence-corrected chi connectivity index (χ3v) is 2.01. The van der Waals surface area contributed by atoms with Gasteiger partial charge in [0.1, 0.15) is 0 Å². The first kappa shape index (κ1) is 21.5. The van der Waals surface area contributed by atoms with E-state index in [2.05, 4.69) is 0 Å². The van der Waals surface area contributed by atoms with E-state index in [1.54, 1.807) is 0 Å². The first-order chi connectivity index (χ1) is 9.65. The second-order valence-electron chi connectivity index (χ2n) is 3.66. The van der Waals surface area contributed by atoms with Gasteiger partial charge in [-0.3, -0.25) is 0 Å². The van der Waals surface area contributed by atoms with E-state index >= 15 is 0 Å². The monoisotopic (exact) mass is 380 g/mol. The molecular formula is C7HF13O3. The number of halogens is 13.